The Bertz CT molecular complexity index is 419. The molecule has 0 bridgehead atoms. The smallest absolute Gasteiger partial charge is 0.257 e. The maximum Gasteiger partial charge on any atom is 0.257 e. The van der Waals surface area contributed by atoms with Crippen LogP contribution < -0.4 is 5.32 Å². The third kappa shape index (κ3) is 3.22. The van der Waals surface area contributed by atoms with E-state index in [0.717, 1.165) is 17.3 Å². The lowest BCUT2D eigenvalue weighted by Gasteiger charge is -2.27. The molecule has 0 saturated heterocycles. The van der Waals surface area contributed by atoms with Gasteiger partial charge in [0.25, 0.3) is 5.91 Å². The van der Waals surface area contributed by atoms with Crippen LogP contribution in [0, 0.1) is 0 Å². The van der Waals surface area contributed by atoms with Crippen LogP contribution in [0.4, 0.5) is 5.82 Å². The predicted molar refractivity (Wildman–Crippen MR) is 77.9 cm³/mol. The van der Waals surface area contributed by atoms with E-state index in [1.165, 1.54) is 0 Å². The highest BCUT2D eigenvalue weighted by atomic mass is 79.9. The fraction of sp³-hybridized carbons (Fsp3) is 0.538. The minimum atomic E-state index is 0.00171. The lowest BCUT2D eigenvalue weighted by Crippen LogP contribution is -2.36. The summed E-state index contributed by atoms with van der Waals surface area (Å²) in [5.74, 6) is 0.614. The normalized spacial score (nSPS) is 10.6. The van der Waals surface area contributed by atoms with Crippen LogP contribution in [-0.4, -0.2) is 35.9 Å². The van der Waals surface area contributed by atoms with Gasteiger partial charge in [0.2, 0.25) is 0 Å². The Balaban J connectivity index is 3.05. The fourth-order valence-corrected chi connectivity index (χ4v) is 2.33. The number of amides is 1. The van der Waals surface area contributed by atoms with Gasteiger partial charge >= 0.3 is 0 Å². The number of anilines is 1. The van der Waals surface area contributed by atoms with E-state index in [1.54, 1.807) is 24.2 Å². The highest BCUT2D eigenvalue weighted by molar-refractivity contribution is 9.10. The third-order valence-corrected chi connectivity index (χ3v) is 3.57. The van der Waals surface area contributed by atoms with E-state index < -0.39 is 0 Å². The van der Waals surface area contributed by atoms with Crippen molar-refractivity contribution in [2.24, 2.45) is 0 Å². The van der Waals surface area contributed by atoms with Crippen LogP contribution in [-0.2, 0) is 0 Å². The zero-order chi connectivity index (χ0) is 13.7. The number of hydrogen-bond donors (Lipinski definition) is 1. The first kappa shape index (κ1) is 15.0. The largest absolute Gasteiger partial charge is 0.372 e. The summed E-state index contributed by atoms with van der Waals surface area (Å²) in [5, 5.41) is 2.95. The molecule has 0 radical (unpaired) electrons. The molecule has 0 unspecified atom stereocenters. The Labute approximate surface area is 117 Å². The summed E-state index contributed by atoms with van der Waals surface area (Å²) in [5.41, 5.74) is 0.598. The molecule has 1 aromatic rings. The first-order chi connectivity index (χ1) is 8.54. The molecule has 1 rings (SSSR count). The van der Waals surface area contributed by atoms with Gasteiger partial charge < -0.3 is 10.2 Å². The van der Waals surface area contributed by atoms with Crippen LogP contribution in [0.3, 0.4) is 0 Å². The van der Waals surface area contributed by atoms with E-state index in [4.69, 9.17) is 0 Å². The molecule has 1 N–H and O–H groups in total. The number of pyridine rings is 1. The van der Waals surface area contributed by atoms with Crippen LogP contribution in [0.25, 0.3) is 0 Å². The van der Waals surface area contributed by atoms with E-state index >= 15 is 0 Å². The predicted octanol–water partition coefficient (Wildman–Crippen LogP) is 3.15. The molecule has 0 aliphatic heterocycles. The summed E-state index contributed by atoms with van der Waals surface area (Å²) in [6, 6.07) is 2.07. The molecule has 0 aliphatic rings. The van der Waals surface area contributed by atoms with Crippen LogP contribution in [0.5, 0.6) is 0 Å². The van der Waals surface area contributed by atoms with Crippen molar-refractivity contribution in [3.63, 3.8) is 0 Å². The van der Waals surface area contributed by atoms with Crippen LogP contribution in [0.1, 0.15) is 37.0 Å². The average molecular weight is 314 g/mol. The SMILES string of the molecule is CCC(CC)N(C)C(=O)c1cc(Br)cnc1NC. The summed E-state index contributed by atoms with van der Waals surface area (Å²) < 4.78 is 0.808. The number of nitrogens with one attached hydrogen (secondary N) is 1. The molecule has 0 atom stereocenters. The maximum atomic E-state index is 12.5. The summed E-state index contributed by atoms with van der Waals surface area (Å²) in [4.78, 5) is 18.5. The molecule has 0 saturated carbocycles. The van der Waals surface area contributed by atoms with E-state index in [9.17, 15) is 4.79 Å². The van der Waals surface area contributed by atoms with Gasteiger partial charge in [0, 0.05) is 30.8 Å². The molecular formula is C13H20BrN3O. The van der Waals surface area contributed by atoms with Gasteiger partial charge in [-0.1, -0.05) is 13.8 Å². The van der Waals surface area contributed by atoms with Gasteiger partial charge in [-0.2, -0.15) is 0 Å². The molecule has 18 heavy (non-hydrogen) atoms. The van der Waals surface area contributed by atoms with Crippen molar-refractivity contribution in [3.8, 4) is 0 Å². The molecule has 0 spiro atoms. The minimum absolute atomic E-state index is 0.00171. The van der Waals surface area contributed by atoms with Crippen molar-refractivity contribution in [1.82, 2.24) is 9.88 Å². The number of carbonyl (C=O) groups is 1. The molecular weight excluding hydrogens is 294 g/mol. The second-order valence-corrected chi connectivity index (χ2v) is 5.10. The van der Waals surface area contributed by atoms with Crippen molar-refractivity contribution in [3.05, 3.63) is 22.3 Å². The van der Waals surface area contributed by atoms with E-state index in [1.807, 2.05) is 7.05 Å². The van der Waals surface area contributed by atoms with E-state index in [-0.39, 0.29) is 11.9 Å². The summed E-state index contributed by atoms with van der Waals surface area (Å²) in [6.07, 6.45) is 3.59. The first-order valence-corrected chi connectivity index (χ1v) is 6.94. The molecule has 5 heteroatoms. The van der Waals surface area contributed by atoms with Gasteiger partial charge in [-0.05, 0) is 34.8 Å². The summed E-state index contributed by atoms with van der Waals surface area (Å²) >= 11 is 3.35. The second-order valence-electron chi connectivity index (χ2n) is 4.19. The second kappa shape index (κ2) is 6.73. The van der Waals surface area contributed by atoms with Gasteiger partial charge in [-0.3, -0.25) is 4.79 Å². The quantitative estimate of drug-likeness (QED) is 0.908. The highest BCUT2D eigenvalue weighted by Gasteiger charge is 2.21. The van der Waals surface area contributed by atoms with Crippen molar-refractivity contribution < 1.29 is 4.79 Å². The topological polar surface area (TPSA) is 45.2 Å². The molecule has 1 amide bonds. The van der Waals surface area contributed by atoms with Gasteiger partial charge in [-0.25, -0.2) is 4.98 Å². The van der Waals surface area contributed by atoms with E-state index in [2.05, 4.69) is 40.1 Å². The lowest BCUT2D eigenvalue weighted by molar-refractivity contribution is 0.0724. The molecule has 0 aliphatic carbocycles. The van der Waals surface area contributed by atoms with Gasteiger partial charge in [-0.15, -0.1) is 0 Å². The number of nitrogens with zero attached hydrogens (tertiary/aromatic N) is 2. The molecule has 0 aromatic carbocycles. The molecule has 1 heterocycles. The number of carbonyl (C=O) groups excluding carboxylic acids is 1. The Morgan fingerprint density at radius 1 is 1.50 bits per heavy atom. The summed E-state index contributed by atoms with van der Waals surface area (Å²) in [7, 11) is 3.62. The van der Waals surface area contributed by atoms with Crippen molar-refractivity contribution in [1.29, 1.82) is 0 Å². The standard InChI is InChI=1S/C13H20BrN3O/c1-5-10(6-2)17(4)13(18)11-7-9(14)8-16-12(11)15-3/h7-8,10H,5-6H2,1-4H3,(H,15,16). The van der Waals surface area contributed by atoms with Gasteiger partial charge in [0.15, 0.2) is 0 Å². The zero-order valence-corrected chi connectivity index (χ0v) is 12.9. The zero-order valence-electron chi connectivity index (χ0n) is 11.3. The maximum absolute atomic E-state index is 12.5. The van der Waals surface area contributed by atoms with Crippen molar-refractivity contribution in [2.45, 2.75) is 32.7 Å². The van der Waals surface area contributed by atoms with Gasteiger partial charge in [0.05, 0.1) is 5.56 Å². The number of hydrogen-bond acceptors (Lipinski definition) is 3. The van der Waals surface area contributed by atoms with Gasteiger partial charge in [0.1, 0.15) is 5.82 Å². The number of halogens is 1. The first-order valence-electron chi connectivity index (χ1n) is 6.15. The van der Waals surface area contributed by atoms with Crippen LogP contribution >= 0.6 is 15.9 Å². The van der Waals surface area contributed by atoms with Crippen LogP contribution in [0.15, 0.2) is 16.7 Å². The Morgan fingerprint density at radius 2 is 2.11 bits per heavy atom. The van der Waals surface area contributed by atoms with Crippen LogP contribution in [0.2, 0.25) is 0 Å². The Kier molecular flexibility index (Phi) is 5.59. The van der Waals surface area contributed by atoms with Crippen molar-refractivity contribution >= 4 is 27.7 Å². The lowest BCUT2D eigenvalue weighted by atomic mass is 10.1. The van der Waals surface area contributed by atoms with E-state index in [0.29, 0.717) is 11.4 Å². The molecule has 0 fully saturated rings. The number of aromatic nitrogens is 1. The monoisotopic (exact) mass is 313 g/mol. The Hall–Kier alpha value is -1.10. The summed E-state index contributed by atoms with van der Waals surface area (Å²) in [6.45, 7) is 4.19. The average Bonchev–Trinajstić information content (AvgIpc) is 2.39. The minimum Gasteiger partial charge on any atom is -0.372 e. The highest BCUT2D eigenvalue weighted by Crippen LogP contribution is 2.20. The number of rotatable bonds is 5. The molecule has 1 aromatic heterocycles. The molecule has 4 nitrogen and oxygen atoms in total. The van der Waals surface area contributed by atoms with Crippen molar-refractivity contribution in [2.75, 3.05) is 19.4 Å². The Morgan fingerprint density at radius 3 is 2.61 bits per heavy atom. The molecule has 100 valence electrons. The third-order valence-electron chi connectivity index (χ3n) is 3.13. The fourth-order valence-electron chi connectivity index (χ4n) is 1.99.